The van der Waals surface area contributed by atoms with Crippen LogP contribution in [-0.4, -0.2) is 67.3 Å². The average molecular weight is 527 g/mol. The van der Waals surface area contributed by atoms with Crippen LogP contribution in [0.2, 0.25) is 0 Å². The molecular formula is C19H35IN4OS2. The van der Waals surface area contributed by atoms with Gasteiger partial charge >= 0.3 is 0 Å². The molecule has 156 valence electrons. The van der Waals surface area contributed by atoms with E-state index in [1.807, 2.05) is 23.1 Å². The minimum absolute atomic E-state index is 0. The Hall–Kier alpha value is -0.0300. The van der Waals surface area contributed by atoms with Gasteiger partial charge in [-0.1, -0.05) is 6.07 Å². The zero-order chi connectivity index (χ0) is 19.0. The van der Waals surface area contributed by atoms with Crippen LogP contribution in [0.3, 0.4) is 0 Å². The Morgan fingerprint density at radius 2 is 2.26 bits per heavy atom. The molecular weight excluding hydrogens is 491 g/mol. The van der Waals surface area contributed by atoms with Gasteiger partial charge in [-0.25, -0.2) is 0 Å². The predicted molar refractivity (Wildman–Crippen MR) is 131 cm³/mol. The van der Waals surface area contributed by atoms with Crippen LogP contribution < -0.4 is 10.6 Å². The first-order chi connectivity index (χ1) is 12.4. The summed E-state index contributed by atoms with van der Waals surface area (Å²) in [5, 5.41) is 9.11. The number of thiophene rings is 1. The second-order valence-electron chi connectivity index (χ2n) is 7.25. The minimum Gasteiger partial charge on any atom is -0.376 e. The van der Waals surface area contributed by atoms with Gasteiger partial charge in [0.15, 0.2) is 5.96 Å². The molecule has 27 heavy (non-hydrogen) atoms. The lowest BCUT2D eigenvalue weighted by Gasteiger charge is -2.37. The van der Waals surface area contributed by atoms with Gasteiger partial charge in [0.2, 0.25) is 0 Å². The van der Waals surface area contributed by atoms with Gasteiger partial charge in [0.1, 0.15) is 0 Å². The third-order valence-electron chi connectivity index (χ3n) is 4.56. The number of halogens is 1. The molecule has 0 saturated carbocycles. The molecule has 1 aromatic heterocycles. The maximum atomic E-state index is 5.73. The molecule has 2 atom stereocenters. The lowest BCUT2D eigenvalue weighted by atomic mass is 10.1. The number of aliphatic imine (C=N–C) groups is 1. The molecule has 5 nitrogen and oxygen atoms in total. The monoisotopic (exact) mass is 526 g/mol. The second-order valence-corrected chi connectivity index (χ2v) is 9.74. The molecule has 0 spiro atoms. The summed E-state index contributed by atoms with van der Waals surface area (Å²) in [6.07, 6.45) is 2.43. The van der Waals surface area contributed by atoms with Crippen molar-refractivity contribution >= 4 is 53.0 Å². The van der Waals surface area contributed by atoms with Crippen molar-refractivity contribution < 1.29 is 4.74 Å². The Bertz CT molecular complexity index is 554. The summed E-state index contributed by atoms with van der Waals surface area (Å²) in [5.74, 6) is 0.900. The molecule has 0 radical (unpaired) electrons. The van der Waals surface area contributed by atoms with Crippen LogP contribution in [0.15, 0.2) is 22.5 Å². The summed E-state index contributed by atoms with van der Waals surface area (Å²) in [6.45, 7) is 14.0. The van der Waals surface area contributed by atoms with Gasteiger partial charge in [0, 0.05) is 35.8 Å². The van der Waals surface area contributed by atoms with Crippen molar-refractivity contribution in [1.82, 2.24) is 15.5 Å². The summed E-state index contributed by atoms with van der Waals surface area (Å²) >= 11 is 3.68. The van der Waals surface area contributed by atoms with Crippen molar-refractivity contribution in [2.75, 3.05) is 45.6 Å². The van der Waals surface area contributed by atoms with Gasteiger partial charge < -0.3 is 15.4 Å². The normalized spacial score (nSPS) is 20.0. The molecule has 1 saturated heterocycles. The number of rotatable bonds is 8. The van der Waals surface area contributed by atoms with E-state index in [1.54, 1.807) is 0 Å². The van der Waals surface area contributed by atoms with E-state index in [9.17, 15) is 0 Å². The molecule has 0 amide bonds. The fraction of sp³-hybridized carbons (Fsp3) is 0.737. The number of ether oxygens (including phenoxy) is 1. The van der Waals surface area contributed by atoms with Crippen molar-refractivity contribution in [3.8, 4) is 0 Å². The summed E-state index contributed by atoms with van der Waals surface area (Å²) in [6, 6.07) is 4.72. The molecule has 0 aliphatic carbocycles. The smallest absolute Gasteiger partial charge is 0.191 e. The predicted octanol–water partition coefficient (Wildman–Crippen LogP) is 3.82. The highest BCUT2D eigenvalue weighted by atomic mass is 127. The lowest BCUT2D eigenvalue weighted by Crippen LogP contribution is -2.48. The maximum Gasteiger partial charge on any atom is 0.191 e. The summed E-state index contributed by atoms with van der Waals surface area (Å²) in [4.78, 5) is 8.73. The molecule has 1 fully saturated rings. The van der Waals surface area contributed by atoms with Crippen molar-refractivity contribution in [2.24, 2.45) is 4.99 Å². The Kier molecular flexibility index (Phi) is 11.6. The minimum atomic E-state index is 0. The summed E-state index contributed by atoms with van der Waals surface area (Å²) in [7, 11) is 0. The highest BCUT2D eigenvalue weighted by Crippen LogP contribution is 2.26. The zero-order valence-corrected chi connectivity index (χ0v) is 21.1. The van der Waals surface area contributed by atoms with Gasteiger partial charge in [0.05, 0.1) is 25.3 Å². The first-order valence-corrected chi connectivity index (χ1v) is 11.5. The molecule has 2 rings (SSSR count). The molecule has 8 heteroatoms. The van der Waals surface area contributed by atoms with Gasteiger partial charge in [-0.3, -0.25) is 9.89 Å². The van der Waals surface area contributed by atoms with E-state index in [0.29, 0.717) is 6.04 Å². The highest BCUT2D eigenvalue weighted by Gasteiger charge is 2.26. The van der Waals surface area contributed by atoms with Crippen molar-refractivity contribution in [2.45, 2.75) is 44.6 Å². The average Bonchev–Trinajstić information content (AvgIpc) is 3.14. The van der Waals surface area contributed by atoms with Crippen molar-refractivity contribution in [1.29, 1.82) is 0 Å². The first-order valence-electron chi connectivity index (χ1n) is 9.41. The zero-order valence-electron chi connectivity index (χ0n) is 17.2. The standard InChI is InChI=1S/C19H34N4OS2.HI/c1-6-20-18(22-14-19(3,4)25-5)21-12-16(17-8-7-11-26-17)23-9-10-24-15(2)13-23;/h7-8,11,15-16H,6,9-10,12-14H2,1-5H3,(H2,20,21,22);1H. The molecule has 1 aliphatic rings. The van der Waals surface area contributed by atoms with Crippen LogP contribution in [0.4, 0.5) is 0 Å². The first kappa shape index (κ1) is 25.0. The number of morpholine rings is 1. The summed E-state index contributed by atoms with van der Waals surface area (Å²) in [5.41, 5.74) is 0. The Labute approximate surface area is 190 Å². The quantitative estimate of drug-likeness (QED) is 0.307. The SMILES string of the molecule is CCNC(=NCC(C)(C)SC)NCC(c1cccs1)N1CCOC(C)C1.I. The number of thioether (sulfide) groups is 1. The summed E-state index contributed by atoms with van der Waals surface area (Å²) < 4.78 is 5.88. The largest absolute Gasteiger partial charge is 0.376 e. The van der Waals surface area contributed by atoms with Crippen LogP contribution in [0.1, 0.15) is 38.6 Å². The Balaban J connectivity index is 0.00000364. The fourth-order valence-electron chi connectivity index (χ4n) is 2.89. The van der Waals surface area contributed by atoms with Crippen molar-refractivity contribution in [3.63, 3.8) is 0 Å². The maximum absolute atomic E-state index is 5.73. The number of nitrogens with zero attached hydrogens (tertiary/aromatic N) is 2. The van der Waals surface area contributed by atoms with Crippen LogP contribution in [-0.2, 0) is 4.74 Å². The number of hydrogen-bond donors (Lipinski definition) is 2. The van der Waals surface area contributed by atoms with E-state index in [-0.39, 0.29) is 34.8 Å². The molecule has 0 bridgehead atoms. The van der Waals surface area contributed by atoms with E-state index in [0.717, 1.165) is 45.3 Å². The molecule has 1 aromatic rings. The molecule has 0 aromatic carbocycles. The fourth-order valence-corrected chi connectivity index (χ4v) is 3.94. The highest BCUT2D eigenvalue weighted by molar-refractivity contribution is 14.0. The molecule has 2 unspecified atom stereocenters. The number of guanidine groups is 1. The van der Waals surface area contributed by atoms with Gasteiger partial charge in [-0.15, -0.1) is 35.3 Å². The van der Waals surface area contributed by atoms with E-state index in [2.05, 4.69) is 67.0 Å². The topological polar surface area (TPSA) is 48.9 Å². The van der Waals surface area contributed by atoms with E-state index in [1.165, 1.54) is 4.88 Å². The van der Waals surface area contributed by atoms with Gasteiger partial charge in [0.25, 0.3) is 0 Å². The van der Waals surface area contributed by atoms with Gasteiger partial charge in [-0.2, -0.15) is 11.8 Å². The number of nitrogens with one attached hydrogen (secondary N) is 2. The van der Waals surface area contributed by atoms with Crippen molar-refractivity contribution in [3.05, 3.63) is 22.4 Å². The van der Waals surface area contributed by atoms with E-state index < -0.39 is 0 Å². The van der Waals surface area contributed by atoms with Crippen LogP contribution in [0.25, 0.3) is 0 Å². The van der Waals surface area contributed by atoms with Gasteiger partial charge in [-0.05, 0) is 45.4 Å². The molecule has 2 N–H and O–H groups in total. The Morgan fingerprint density at radius 1 is 1.48 bits per heavy atom. The third-order valence-corrected chi connectivity index (χ3v) is 6.77. The second kappa shape index (κ2) is 12.5. The van der Waals surface area contributed by atoms with Crippen LogP contribution in [0, 0.1) is 0 Å². The van der Waals surface area contributed by atoms with Crippen LogP contribution >= 0.6 is 47.1 Å². The number of hydrogen-bond acceptors (Lipinski definition) is 5. The van der Waals surface area contributed by atoms with E-state index in [4.69, 9.17) is 9.73 Å². The molecule has 2 heterocycles. The molecule has 1 aliphatic heterocycles. The van der Waals surface area contributed by atoms with Crippen LogP contribution in [0.5, 0.6) is 0 Å². The van der Waals surface area contributed by atoms with E-state index >= 15 is 0 Å². The Morgan fingerprint density at radius 3 is 2.85 bits per heavy atom. The third kappa shape index (κ3) is 8.47. The lowest BCUT2D eigenvalue weighted by molar-refractivity contribution is -0.0334.